The van der Waals surface area contributed by atoms with Gasteiger partial charge in [0.2, 0.25) is 0 Å². The Labute approximate surface area is 94.1 Å². The zero-order chi connectivity index (χ0) is 10.9. The average molecular weight is 354 g/mol. The van der Waals surface area contributed by atoms with Crippen LogP contribution in [0, 0.1) is 0 Å². The van der Waals surface area contributed by atoms with Crippen LogP contribution in [-0.2, 0) is 10.1 Å². The van der Waals surface area contributed by atoms with Gasteiger partial charge >= 0.3 is 21.3 Å². The second-order valence-corrected chi connectivity index (χ2v) is 3.63. The minimum atomic E-state index is -6.18. The molecule has 0 aromatic carbocycles. The maximum Gasteiger partial charge on any atom is 0.431 e. The molecule has 0 bridgehead atoms. The van der Waals surface area contributed by atoms with E-state index in [2.05, 4.69) is 0 Å². The summed E-state index contributed by atoms with van der Waals surface area (Å²) in [5, 5.41) is 2.36. The predicted octanol–water partition coefficient (Wildman–Crippen LogP) is 1.10. The van der Waals surface area contributed by atoms with E-state index in [1.54, 1.807) is 0 Å². The molecule has 0 atom stereocenters. The first-order chi connectivity index (χ1) is 5.56. The molecule has 0 heterocycles. The van der Waals surface area contributed by atoms with Crippen molar-refractivity contribution in [2.45, 2.75) is 17.6 Å². The Hall–Kier alpha value is 0.320. The van der Waals surface area contributed by atoms with Gasteiger partial charge in [0.05, 0.1) is 0 Å². The van der Waals surface area contributed by atoms with Crippen molar-refractivity contribution in [1.82, 2.24) is 0 Å². The molecule has 0 aliphatic rings. The molecule has 0 aromatic heterocycles. The SMILES string of the molecule is I.O=S(=O)(O)C(F)(F)C(F)(F)CCO. The maximum absolute atomic E-state index is 12.2. The molecular weight excluding hydrogens is 347 g/mol. The highest BCUT2D eigenvalue weighted by Gasteiger charge is 2.64. The highest BCUT2D eigenvalue weighted by molar-refractivity contribution is 14.0. The lowest BCUT2D eigenvalue weighted by molar-refractivity contribution is -0.168. The van der Waals surface area contributed by atoms with Gasteiger partial charge in [-0.3, -0.25) is 4.55 Å². The lowest BCUT2D eigenvalue weighted by atomic mass is 10.2. The van der Waals surface area contributed by atoms with E-state index in [-0.39, 0.29) is 24.0 Å². The summed E-state index contributed by atoms with van der Waals surface area (Å²) < 4.78 is 76.3. The van der Waals surface area contributed by atoms with Crippen LogP contribution in [0.25, 0.3) is 0 Å². The molecule has 0 spiro atoms. The molecule has 0 aliphatic heterocycles. The van der Waals surface area contributed by atoms with Crippen LogP contribution in [0.1, 0.15) is 6.42 Å². The van der Waals surface area contributed by atoms with Gasteiger partial charge < -0.3 is 5.11 Å². The minimum absolute atomic E-state index is 0. The van der Waals surface area contributed by atoms with E-state index in [1.165, 1.54) is 0 Å². The molecule has 0 aromatic rings. The van der Waals surface area contributed by atoms with Gasteiger partial charge in [-0.2, -0.15) is 26.0 Å². The van der Waals surface area contributed by atoms with Crippen molar-refractivity contribution in [3.63, 3.8) is 0 Å². The zero-order valence-electron chi connectivity index (χ0n) is 6.45. The molecule has 10 heteroatoms. The molecular formula is C4H7F4IO4S. The Morgan fingerprint density at radius 1 is 1.14 bits per heavy atom. The van der Waals surface area contributed by atoms with E-state index in [0.717, 1.165) is 0 Å². The second-order valence-electron chi connectivity index (χ2n) is 2.17. The Balaban J connectivity index is 0. The van der Waals surface area contributed by atoms with Crippen molar-refractivity contribution in [3.8, 4) is 0 Å². The van der Waals surface area contributed by atoms with Crippen molar-refractivity contribution in [2.24, 2.45) is 0 Å². The smallest absolute Gasteiger partial charge is 0.396 e. The van der Waals surface area contributed by atoms with Gasteiger partial charge in [-0.25, -0.2) is 0 Å². The van der Waals surface area contributed by atoms with Crippen molar-refractivity contribution >= 4 is 34.1 Å². The summed E-state index contributed by atoms with van der Waals surface area (Å²) in [5.74, 6) is -4.99. The molecule has 0 saturated heterocycles. The van der Waals surface area contributed by atoms with E-state index in [0.29, 0.717) is 0 Å². The van der Waals surface area contributed by atoms with Crippen LogP contribution < -0.4 is 0 Å². The van der Waals surface area contributed by atoms with Crippen LogP contribution in [0.15, 0.2) is 0 Å². The van der Waals surface area contributed by atoms with Crippen LogP contribution >= 0.6 is 24.0 Å². The Morgan fingerprint density at radius 3 is 1.71 bits per heavy atom. The van der Waals surface area contributed by atoms with E-state index in [1.807, 2.05) is 0 Å². The molecule has 0 amide bonds. The second kappa shape index (κ2) is 4.90. The molecule has 0 rings (SSSR count). The van der Waals surface area contributed by atoms with E-state index in [4.69, 9.17) is 9.66 Å². The topological polar surface area (TPSA) is 74.6 Å². The van der Waals surface area contributed by atoms with Gasteiger partial charge in [-0.15, -0.1) is 24.0 Å². The quantitative estimate of drug-likeness (QED) is 0.451. The van der Waals surface area contributed by atoms with Gasteiger partial charge in [0.15, 0.2) is 0 Å². The van der Waals surface area contributed by atoms with Gasteiger partial charge in [-0.1, -0.05) is 0 Å². The summed E-state index contributed by atoms with van der Waals surface area (Å²) in [5.41, 5.74) is 0. The Kier molecular flexibility index (Phi) is 5.85. The zero-order valence-corrected chi connectivity index (χ0v) is 9.60. The first-order valence-corrected chi connectivity index (χ1v) is 4.34. The molecule has 0 radical (unpaired) electrons. The molecule has 0 saturated carbocycles. The monoisotopic (exact) mass is 354 g/mol. The summed E-state index contributed by atoms with van der Waals surface area (Å²) in [6.07, 6.45) is -1.75. The lowest BCUT2D eigenvalue weighted by Gasteiger charge is -2.22. The number of alkyl halides is 4. The largest absolute Gasteiger partial charge is 0.431 e. The minimum Gasteiger partial charge on any atom is -0.396 e. The molecule has 4 nitrogen and oxygen atoms in total. The molecule has 0 fully saturated rings. The number of aliphatic hydroxyl groups excluding tert-OH is 1. The van der Waals surface area contributed by atoms with Gasteiger partial charge in [-0.05, 0) is 0 Å². The fraction of sp³-hybridized carbons (Fsp3) is 1.00. The van der Waals surface area contributed by atoms with Crippen LogP contribution in [0.5, 0.6) is 0 Å². The highest BCUT2D eigenvalue weighted by Crippen LogP contribution is 2.40. The summed E-state index contributed by atoms with van der Waals surface area (Å²) in [4.78, 5) is 0. The van der Waals surface area contributed by atoms with E-state index in [9.17, 15) is 26.0 Å². The number of hydrogen-bond donors (Lipinski definition) is 2. The van der Waals surface area contributed by atoms with Crippen molar-refractivity contribution in [1.29, 1.82) is 0 Å². The maximum atomic E-state index is 12.2. The van der Waals surface area contributed by atoms with Gasteiger partial charge in [0, 0.05) is 13.0 Å². The van der Waals surface area contributed by atoms with Crippen molar-refractivity contribution < 1.29 is 35.6 Å². The molecule has 2 N–H and O–H groups in total. The Bertz CT molecular complexity index is 277. The van der Waals surface area contributed by atoms with Crippen molar-refractivity contribution in [3.05, 3.63) is 0 Å². The predicted molar refractivity (Wildman–Crippen MR) is 48.6 cm³/mol. The standard InChI is InChI=1S/C4H6F4O4S.HI/c5-3(6,1-2-9)4(7,8)13(10,11)12;/h9H,1-2H2,(H,10,11,12);1H. The van der Waals surface area contributed by atoms with Gasteiger partial charge in [0.1, 0.15) is 0 Å². The first-order valence-electron chi connectivity index (χ1n) is 2.90. The van der Waals surface area contributed by atoms with Gasteiger partial charge in [0.25, 0.3) is 0 Å². The summed E-state index contributed by atoms with van der Waals surface area (Å²) >= 11 is 0. The van der Waals surface area contributed by atoms with E-state index >= 15 is 0 Å². The molecule has 0 aliphatic carbocycles. The third-order valence-corrected chi connectivity index (χ3v) is 2.12. The number of rotatable bonds is 4. The third-order valence-electron chi connectivity index (χ3n) is 1.18. The summed E-state index contributed by atoms with van der Waals surface area (Å²) in [6, 6.07) is 0. The summed E-state index contributed by atoms with van der Waals surface area (Å²) in [7, 11) is -6.18. The van der Waals surface area contributed by atoms with Crippen LogP contribution in [0.4, 0.5) is 17.6 Å². The fourth-order valence-electron chi connectivity index (χ4n) is 0.475. The molecule has 88 valence electrons. The number of halogens is 5. The highest BCUT2D eigenvalue weighted by atomic mass is 127. The molecule has 0 unspecified atom stereocenters. The third kappa shape index (κ3) is 3.17. The van der Waals surface area contributed by atoms with Crippen molar-refractivity contribution in [2.75, 3.05) is 6.61 Å². The lowest BCUT2D eigenvalue weighted by Crippen LogP contribution is -2.47. The van der Waals surface area contributed by atoms with Crippen LogP contribution in [0.2, 0.25) is 0 Å². The normalized spacial score (nSPS) is 13.6. The summed E-state index contributed by atoms with van der Waals surface area (Å²) in [6.45, 7) is -1.32. The fourth-order valence-corrected chi connectivity index (χ4v) is 0.954. The van der Waals surface area contributed by atoms with Crippen LogP contribution in [-0.4, -0.2) is 35.9 Å². The van der Waals surface area contributed by atoms with E-state index < -0.39 is 34.3 Å². The number of aliphatic hydroxyl groups is 1. The number of hydrogen-bond acceptors (Lipinski definition) is 3. The van der Waals surface area contributed by atoms with Crippen LogP contribution in [0.3, 0.4) is 0 Å². The first kappa shape index (κ1) is 16.7. The Morgan fingerprint density at radius 2 is 1.50 bits per heavy atom. The average Bonchev–Trinajstić information content (AvgIpc) is 1.84. The molecule has 14 heavy (non-hydrogen) atoms.